The average Bonchev–Trinajstić information content (AvgIpc) is 2.59. The number of benzene rings is 1. The van der Waals surface area contributed by atoms with Crippen molar-refractivity contribution in [1.29, 1.82) is 0 Å². The summed E-state index contributed by atoms with van der Waals surface area (Å²) in [4.78, 5) is 0. The predicted octanol–water partition coefficient (Wildman–Crippen LogP) is 0.954. The Hall–Kier alpha value is -1.27. The van der Waals surface area contributed by atoms with Gasteiger partial charge in [-0.25, -0.2) is 8.42 Å². The summed E-state index contributed by atoms with van der Waals surface area (Å²) < 4.78 is 31.5. The Morgan fingerprint density at radius 2 is 2.11 bits per heavy atom. The van der Waals surface area contributed by atoms with Crippen molar-refractivity contribution in [2.45, 2.75) is 12.8 Å². The molecule has 0 unspecified atom stereocenters. The molecule has 0 saturated carbocycles. The average molecular weight is 270 g/mol. The monoisotopic (exact) mass is 270 g/mol. The maximum atomic E-state index is 12.3. The topological polar surface area (TPSA) is 72.6 Å². The molecule has 1 aliphatic heterocycles. The maximum absolute atomic E-state index is 12.3. The molecule has 18 heavy (non-hydrogen) atoms. The van der Waals surface area contributed by atoms with Crippen LogP contribution in [0.3, 0.4) is 0 Å². The van der Waals surface area contributed by atoms with Crippen LogP contribution in [-0.2, 0) is 10.0 Å². The van der Waals surface area contributed by atoms with Gasteiger partial charge in [0.05, 0.1) is 18.0 Å². The van der Waals surface area contributed by atoms with Crippen LogP contribution in [0.25, 0.3) is 0 Å². The van der Waals surface area contributed by atoms with Gasteiger partial charge in [0, 0.05) is 13.0 Å². The van der Waals surface area contributed by atoms with Crippen LogP contribution in [0.15, 0.2) is 24.3 Å². The molecule has 1 heterocycles. The van der Waals surface area contributed by atoms with Gasteiger partial charge in [-0.2, -0.15) is 0 Å². The van der Waals surface area contributed by atoms with Gasteiger partial charge in [-0.3, -0.25) is 4.31 Å². The summed E-state index contributed by atoms with van der Waals surface area (Å²) in [6.07, 6.45) is 1.17. The molecule has 0 aromatic heterocycles. The van der Waals surface area contributed by atoms with Crippen molar-refractivity contribution in [2.75, 3.05) is 29.8 Å². The molecular weight excluding hydrogens is 252 g/mol. The van der Waals surface area contributed by atoms with E-state index in [-0.39, 0.29) is 5.75 Å². The lowest BCUT2D eigenvalue weighted by Gasteiger charge is -2.23. The normalized spacial score (nSPS) is 15.7. The molecule has 1 aromatic carbocycles. The van der Waals surface area contributed by atoms with E-state index in [9.17, 15) is 8.42 Å². The van der Waals surface area contributed by atoms with E-state index in [0.29, 0.717) is 44.0 Å². The first-order chi connectivity index (χ1) is 8.65. The fraction of sp³-hybridized carbons (Fsp3) is 0.500. The molecule has 0 fully saturated rings. The van der Waals surface area contributed by atoms with Gasteiger partial charge in [-0.05, 0) is 25.1 Å². The number of sulfonamides is 1. The van der Waals surface area contributed by atoms with Crippen LogP contribution in [0.4, 0.5) is 5.69 Å². The summed E-state index contributed by atoms with van der Waals surface area (Å²) in [5, 5.41) is 0. The van der Waals surface area contributed by atoms with Crippen molar-refractivity contribution in [2.24, 2.45) is 5.73 Å². The quantitative estimate of drug-likeness (QED) is 0.884. The van der Waals surface area contributed by atoms with E-state index in [1.165, 1.54) is 4.31 Å². The Kier molecular flexibility index (Phi) is 4.08. The van der Waals surface area contributed by atoms with E-state index in [1.54, 1.807) is 12.1 Å². The maximum Gasteiger partial charge on any atom is 0.235 e. The molecule has 100 valence electrons. The van der Waals surface area contributed by atoms with Gasteiger partial charge >= 0.3 is 0 Å². The van der Waals surface area contributed by atoms with Crippen molar-refractivity contribution < 1.29 is 13.2 Å². The minimum atomic E-state index is -3.31. The zero-order chi connectivity index (χ0) is 13.0. The lowest BCUT2D eigenvalue weighted by Crippen LogP contribution is -2.34. The van der Waals surface area contributed by atoms with Gasteiger partial charge < -0.3 is 10.5 Å². The largest absolute Gasteiger partial charge is 0.491 e. The number of nitrogens with zero attached hydrogens (tertiary/aromatic N) is 1. The molecular formula is C12H18N2O3S. The van der Waals surface area contributed by atoms with Crippen molar-refractivity contribution in [3.05, 3.63) is 24.3 Å². The Balaban J connectivity index is 2.33. The van der Waals surface area contributed by atoms with E-state index in [4.69, 9.17) is 10.5 Å². The van der Waals surface area contributed by atoms with Crippen LogP contribution in [-0.4, -0.2) is 33.9 Å². The highest BCUT2D eigenvalue weighted by Crippen LogP contribution is 2.32. The van der Waals surface area contributed by atoms with Crippen LogP contribution in [0.5, 0.6) is 5.75 Å². The molecule has 5 nitrogen and oxygen atoms in total. The van der Waals surface area contributed by atoms with E-state index in [2.05, 4.69) is 0 Å². The number of hydrogen-bond donors (Lipinski definition) is 1. The van der Waals surface area contributed by atoms with Gasteiger partial charge in [-0.1, -0.05) is 12.1 Å². The Bertz CT molecular complexity index is 502. The van der Waals surface area contributed by atoms with Gasteiger partial charge in [0.1, 0.15) is 5.75 Å². The van der Waals surface area contributed by atoms with Gasteiger partial charge in [0.2, 0.25) is 10.0 Å². The lowest BCUT2D eigenvalue weighted by molar-refractivity contribution is 0.322. The van der Waals surface area contributed by atoms with Crippen LogP contribution < -0.4 is 14.8 Å². The number of fused-ring (bicyclic) bond motifs is 1. The summed E-state index contributed by atoms with van der Waals surface area (Å²) >= 11 is 0. The molecule has 0 saturated heterocycles. The standard InChI is InChI=1S/C12H18N2O3S/c13-7-3-10-18(15,16)14-8-4-9-17-12-6-2-1-5-11(12)14/h1-2,5-6H,3-4,7-10,13H2. The zero-order valence-electron chi connectivity index (χ0n) is 10.2. The molecule has 6 heteroatoms. The number of para-hydroxylation sites is 2. The number of rotatable bonds is 4. The molecule has 0 aliphatic carbocycles. The van der Waals surface area contributed by atoms with Gasteiger partial charge in [0.25, 0.3) is 0 Å². The molecule has 1 aliphatic rings. The summed E-state index contributed by atoms with van der Waals surface area (Å²) in [6, 6.07) is 7.24. The number of anilines is 1. The van der Waals surface area contributed by atoms with Crippen molar-refractivity contribution in [3.8, 4) is 5.75 Å². The molecule has 2 rings (SSSR count). The molecule has 0 atom stereocenters. The second-order valence-corrected chi connectivity index (χ2v) is 6.21. The van der Waals surface area contributed by atoms with Crippen molar-refractivity contribution >= 4 is 15.7 Å². The first-order valence-electron chi connectivity index (χ1n) is 6.07. The Morgan fingerprint density at radius 1 is 1.33 bits per heavy atom. The van der Waals surface area contributed by atoms with E-state index < -0.39 is 10.0 Å². The van der Waals surface area contributed by atoms with Crippen LogP contribution in [0.2, 0.25) is 0 Å². The molecule has 0 radical (unpaired) electrons. The zero-order valence-corrected chi connectivity index (χ0v) is 11.0. The molecule has 0 bridgehead atoms. The summed E-state index contributed by atoms with van der Waals surface area (Å²) in [5.74, 6) is 0.712. The van der Waals surface area contributed by atoms with Crippen LogP contribution >= 0.6 is 0 Å². The van der Waals surface area contributed by atoms with Crippen LogP contribution in [0.1, 0.15) is 12.8 Å². The summed E-state index contributed by atoms with van der Waals surface area (Å²) in [7, 11) is -3.31. The second kappa shape index (κ2) is 5.58. The minimum absolute atomic E-state index is 0.0812. The third-order valence-corrected chi connectivity index (χ3v) is 4.69. The predicted molar refractivity (Wildman–Crippen MR) is 71.4 cm³/mol. The van der Waals surface area contributed by atoms with Gasteiger partial charge in [-0.15, -0.1) is 0 Å². The highest BCUT2D eigenvalue weighted by Gasteiger charge is 2.26. The number of nitrogens with two attached hydrogens (primary N) is 1. The molecule has 1 aromatic rings. The smallest absolute Gasteiger partial charge is 0.235 e. The van der Waals surface area contributed by atoms with Crippen molar-refractivity contribution in [1.82, 2.24) is 0 Å². The summed E-state index contributed by atoms with van der Waals surface area (Å²) in [6.45, 7) is 1.38. The van der Waals surface area contributed by atoms with Gasteiger partial charge in [0.15, 0.2) is 0 Å². The second-order valence-electron chi connectivity index (χ2n) is 4.20. The highest BCUT2D eigenvalue weighted by atomic mass is 32.2. The number of hydrogen-bond acceptors (Lipinski definition) is 4. The SMILES string of the molecule is NCCCS(=O)(=O)N1CCCOc2ccccc21. The Morgan fingerprint density at radius 3 is 2.89 bits per heavy atom. The summed E-state index contributed by atoms with van der Waals surface area (Å²) in [5.41, 5.74) is 6.01. The fourth-order valence-electron chi connectivity index (χ4n) is 1.96. The molecule has 2 N–H and O–H groups in total. The van der Waals surface area contributed by atoms with Crippen LogP contribution in [0, 0.1) is 0 Å². The van der Waals surface area contributed by atoms with E-state index in [0.717, 1.165) is 0 Å². The number of ether oxygens (including phenoxy) is 1. The lowest BCUT2D eigenvalue weighted by atomic mass is 10.3. The third kappa shape index (κ3) is 2.76. The highest BCUT2D eigenvalue weighted by molar-refractivity contribution is 7.92. The Labute approximate surface area is 108 Å². The van der Waals surface area contributed by atoms with Crippen molar-refractivity contribution in [3.63, 3.8) is 0 Å². The minimum Gasteiger partial charge on any atom is -0.491 e. The molecule has 0 amide bonds. The third-order valence-electron chi connectivity index (χ3n) is 2.84. The van der Waals surface area contributed by atoms with E-state index >= 15 is 0 Å². The first-order valence-corrected chi connectivity index (χ1v) is 7.68. The first kappa shape index (κ1) is 13.2. The fourth-order valence-corrected chi connectivity index (χ4v) is 3.57. The molecule has 0 spiro atoms. The van der Waals surface area contributed by atoms with E-state index in [1.807, 2.05) is 12.1 Å².